The van der Waals surface area contributed by atoms with Gasteiger partial charge in [0.05, 0.1) is 27.6 Å². The van der Waals surface area contributed by atoms with E-state index < -0.39 is 23.9 Å². The molecule has 0 aliphatic heterocycles. The smallest absolute Gasteiger partial charge is 0.251 e. The van der Waals surface area contributed by atoms with Crippen molar-refractivity contribution in [3.05, 3.63) is 204 Å². The Morgan fingerprint density at radius 3 is 1.37 bits per heavy atom. The maximum absolute atomic E-state index is 13.3. The molecule has 0 fully saturated rings. The highest BCUT2D eigenvalue weighted by molar-refractivity contribution is 6.11. The highest BCUT2D eigenvalue weighted by atomic mass is 16.2. The lowest BCUT2D eigenvalue weighted by Crippen LogP contribution is -2.51. The fourth-order valence-electron chi connectivity index (χ4n) is 11.2. The normalized spacial score (nSPS) is 12.0. The summed E-state index contributed by atoms with van der Waals surface area (Å²) in [7, 11) is 0. The molecule has 0 saturated heterocycles. The van der Waals surface area contributed by atoms with Gasteiger partial charge >= 0.3 is 0 Å². The molecular weight excluding hydrogens is 1080 g/mol. The molecule has 0 saturated carbocycles. The van der Waals surface area contributed by atoms with Crippen LogP contribution in [0, 0.1) is 0 Å². The van der Waals surface area contributed by atoms with Gasteiger partial charge in [0.15, 0.2) is 13.1 Å². The van der Waals surface area contributed by atoms with Crippen LogP contribution in [0.5, 0.6) is 0 Å². The average molecular weight is 1150 g/mol. The molecule has 0 aliphatic rings. The van der Waals surface area contributed by atoms with E-state index in [4.69, 9.17) is 34.4 Å². The molecule has 2 atom stereocenters. The number of nitrogens with zero attached hydrogens (tertiary/aromatic N) is 2. The molecule has 10 rings (SSSR count). The SMILES string of the molecule is NC(=O)C(CNC(=O)c1ccc(C[n+]2c(-c3ccccc3)c3cc(N)ccc3c3ccc(N)cc32)cc1)NC(=O)CCCCCNC(=O)[C@@H](N)CCCCNC(=O)c1ccc(C[n+]2c(-c3ccccc3)c3cc(N)ccc3c3ccc(N)cc32)cc1. The molecule has 0 bridgehead atoms. The van der Waals surface area contributed by atoms with Crippen molar-refractivity contribution in [2.24, 2.45) is 11.5 Å². The summed E-state index contributed by atoms with van der Waals surface area (Å²) < 4.78 is 4.48. The first-order valence-corrected chi connectivity index (χ1v) is 29.0. The first kappa shape index (κ1) is 58.8. The van der Waals surface area contributed by atoms with Gasteiger partial charge in [-0.25, -0.2) is 0 Å². The van der Waals surface area contributed by atoms with Crippen molar-refractivity contribution in [1.82, 2.24) is 21.3 Å². The predicted molar refractivity (Wildman–Crippen MR) is 342 cm³/mol. The second kappa shape index (κ2) is 26.9. The number of amides is 5. The third-order valence-corrected chi connectivity index (χ3v) is 15.6. The number of aromatic nitrogens is 2. The Kier molecular flexibility index (Phi) is 18.4. The molecule has 0 aliphatic carbocycles. The number of nitrogen functional groups attached to an aromatic ring is 4. The van der Waals surface area contributed by atoms with Crippen LogP contribution in [0.3, 0.4) is 0 Å². The number of rotatable bonds is 24. The van der Waals surface area contributed by atoms with Crippen LogP contribution in [0.25, 0.3) is 65.9 Å². The highest BCUT2D eigenvalue weighted by Gasteiger charge is 2.27. The van der Waals surface area contributed by atoms with Crippen molar-refractivity contribution in [2.75, 3.05) is 42.6 Å². The molecular formula is C69H72N12O5+2. The van der Waals surface area contributed by atoms with Gasteiger partial charge in [-0.2, -0.15) is 9.13 Å². The number of primary amides is 1. The van der Waals surface area contributed by atoms with Gasteiger partial charge in [-0.15, -0.1) is 0 Å². The minimum atomic E-state index is -1.12. The van der Waals surface area contributed by atoms with E-state index in [1.807, 2.05) is 140 Å². The molecule has 17 nitrogen and oxygen atoms in total. The van der Waals surface area contributed by atoms with Crippen LogP contribution >= 0.6 is 0 Å². The fraction of sp³-hybridized carbons (Fsp3) is 0.203. The van der Waals surface area contributed by atoms with Crippen LogP contribution in [0.1, 0.15) is 76.8 Å². The van der Waals surface area contributed by atoms with Crippen LogP contribution in [0.4, 0.5) is 22.7 Å². The summed E-state index contributed by atoms with van der Waals surface area (Å²) in [5, 5.41) is 17.5. The number of fused-ring (bicyclic) bond motifs is 6. The number of hydrogen-bond acceptors (Lipinski definition) is 10. The lowest BCUT2D eigenvalue weighted by Gasteiger charge is -2.16. The molecule has 436 valence electrons. The number of nitrogens with two attached hydrogens (primary N) is 6. The third-order valence-electron chi connectivity index (χ3n) is 15.6. The monoisotopic (exact) mass is 1150 g/mol. The number of anilines is 4. The number of nitrogens with one attached hydrogen (secondary N) is 4. The molecule has 86 heavy (non-hydrogen) atoms. The van der Waals surface area contributed by atoms with Crippen molar-refractivity contribution in [3.8, 4) is 22.5 Å². The van der Waals surface area contributed by atoms with Crippen molar-refractivity contribution in [1.29, 1.82) is 0 Å². The van der Waals surface area contributed by atoms with Crippen LogP contribution in [-0.2, 0) is 27.5 Å². The van der Waals surface area contributed by atoms with Crippen molar-refractivity contribution in [3.63, 3.8) is 0 Å². The number of unbranched alkanes of at least 4 members (excludes halogenated alkanes) is 3. The Bertz CT molecular complexity index is 4140. The van der Waals surface area contributed by atoms with Gasteiger partial charge in [0.2, 0.25) is 40.1 Å². The summed E-state index contributed by atoms with van der Waals surface area (Å²) in [5.41, 5.74) is 48.7. The van der Waals surface area contributed by atoms with Gasteiger partial charge < -0.3 is 55.7 Å². The van der Waals surface area contributed by atoms with E-state index in [1.54, 1.807) is 12.1 Å². The van der Waals surface area contributed by atoms with E-state index >= 15 is 0 Å². The zero-order valence-corrected chi connectivity index (χ0v) is 47.9. The minimum Gasteiger partial charge on any atom is -0.399 e. The van der Waals surface area contributed by atoms with Gasteiger partial charge in [-0.1, -0.05) is 79.2 Å². The van der Waals surface area contributed by atoms with Gasteiger partial charge in [0.1, 0.15) is 6.04 Å². The lowest BCUT2D eigenvalue weighted by atomic mass is 9.97. The molecule has 0 radical (unpaired) electrons. The van der Waals surface area contributed by atoms with Crippen molar-refractivity contribution < 1.29 is 33.1 Å². The second-order valence-electron chi connectivity index (χ2n) is 21.9. The van der Waals surface area contributed by atoms with E-state index in [9.17, 15) is 24.0 Å². The third kappa shape index (κ3) is 13.8. The lowest BCUT2D eigenvalue weighted by molar-refractivity contribution is -0.650. The number of benzene rings is 8. The van der Waals surface area contributed by atoms with E-state index in [0.29, 0.717) is 98.6 Å². The molecule has 5 amide bonds. The molecule has 8 aromatic carbocycles. The Morgan fingerprint density at radius 2 is 0.884 bits per heavy atom. The molecule has 10 aromatic rings. The van der Waals surface area contributed by atoms with Gasteiger partial charge in [-0.3, -0.25) is 24.0 Å². The van der Waals surface area contributed by atoms with Gasteiger partial charge in [0.25, 0.3) is 11.8 Å². The number of pyridine rings is 2. The zero-order chi connectivity index (χ0) is 60.3. The zero-order valence-electron chi connectivity index (χ0n) is 47.9. The Balaban J connectivity index is 0.626. The van der Waals surface area contributed by atoms with E-state index in [2.05, 4.69) is 60.7 Å². The minimum absolute atomic E-state index is 0.122. The van der Waals surface area contributed by atoms with Crippen molar-refractivity contribution >= 4 is 95.6 Å². The summed E-state index contributed by atoms with van der Waals surface area (Å²) in [6.45, 7) is 1.59. The standard InChI is InChI=1S/C69H70N12O5/c70-49-26-30-53-55-32-28-51(72)38-61(55)80(64(57(53)36-49)45-12-4-1-5-13-45)41-43-18-22-47(23-19-43)67(84)76-35-11-9-16-59(74)69(86)77-34-10-3-8-17-63(82)79-60(66(75)83)40-78-68(85)48-24-20-44(21-25-48)42-81-62-39-52(73)29-33-56(62)54-31-27-50(71)37-58(54)65(81)46-14-6-2-7-15-46/h1-2,4-7,12-15,18-33,36-39,59-60,72-73H,3,8-11,16-17,34-35,40-42,70-71,74H2,(H6,75,76,77,78,79,82,83,84,85,86)/p+2/t59-,60?/m0/s1. The fourth-order valence-corrected chi connectivity index (χ4v) is 11.2. The Labute approximate surface area is 498 Å². The topological polar surface area (TPSA) is 297 Å². The van der Waals surface area contributed by atoms with Crippen molar-refractivity contribution in [2.45, 2.75) is 70.1 Å². The molecule has 2 heterocycles. The van der Waals surface area contributed by atoms with Crippen LogP contribution in [-0.4, -0.2) is 61.3 Å². The summed E-state index contributed by atoms with van der Waals surface area (Å²) >= 11 is 0. The van der Waals surface area contributed by atoms with Gasteiger partial charge in [0, 0.05) is 105 Å². The van der Waals surface area contributed by atoms with Crippen LogP contribution in [0.2, 0.25) is 0 Å². The van der Waals surface area contributed by atoms with Crippen LogP contribution < -0.4 is 64.8 Å². The van der Waals surface area contributed by atoms with Crippen LogP contribution in [0.15, 0.2) is 182 Å². The molecule has 1 unspecified atom stereocenters. The molecule has 16 N–H and O–H groups in total. The molecule has 17 heteroatoms. The number of hydrogen-bond donors (Lipinski definition) is 10. The molecule has 0 spiro atoms. The summed E-state index contributed by atoms with van der Waals surface area (Å²) in [4.78, 5) is 64.6. The van der Waals surface area contributed by atoms with E-state index in [-0.39, 0.29) is 30.7 Å². The summed E-state index contributed by atoms with van der Waals surface area (Å²) in [5.74, 6) is -2.06. The van der Waals surface area contributed by atoms with E-state index in [1.165, 1.54) is 0 Å². The van der Waals surface area contributed by atoms with Gasteiger partial charge in [-0.05, 0) is 129 Å². The maximum atomic E-state index is 13.3. The summed E-state index contributed by atoms with van der Waals surface area (Å²) in [6.07, 6.45) is 3.59. The maximum Gasteiger partial charge on any atom is 0.251 e. The largest absolute Gasteiger partial charge is 0.399 e. The first-order chi connectivity index (χ1) is 41.7. The van der Waals surface area contributed by atoms with E-state index in [0.717, 1.165) is 77.0 Å². The number of carbonyl (C=O) groups is 5. The second-order valence-corrected chi connectivity index (χ2v) is 21.9. The Hall–Kier alpha value is -10.4. The molecule has 2 aromatic heterocycles. The highest BCUT2D eigenvalue weighted by Crippen LogP contribution is 2.36. The first-order valence-electron chi connectivity index (χ1n) is 29.0. The average Bonchev–Trinajstić information content (AvgIpc) is 0.824. The number of carbonyl (C=O) groups excluding carboxylic acids is 5. The Morgan fingerprint density at radius 1 is 0.442 bits per heavy atom. The predicted octanol–water partition coefficient (Wildman–Crippen LogP) is 7.94. The summed E-state index contributed by atoms with van der Waals surface area (Å²) in [6, 6.07) is 57.0. The quantitative estimate of drug-likeness (QED) is 0.0121.